The minimum absolute atomic E-state index is 0.0805. The zero-order valence-electron chi connectivity index (χ0n) is 9.97. The van der Waals surface area contributed by atoms with Gasteiger partial charge in [-0.3, -0.25) is 4.90 Å². The summed E-state index contributed by atoms with van der Waals surface area (Å²) in [5.41, 5.74) is 0. The Morgan fingerprint density at radius 1 is 1.12 bits per heavy atom. The van der Waals surface area contributed by atoms with Crippen LogP contribution >= 0.6 is 0 Å². The van der Waals surface area contributed by atoms with Crippen molar-refractivity contribution in [3.05, 3.63) is 0 Å². The third kappa shape index (κ3) is 11.9. The predicted molar refractivity (Wildman–Crippen MR) is 57.3 cm³/mol. The van der Waals surface area contributed by atoms with Gasteiger partial charge in [-0.2, -0.15) is 0 Å². The van der Waals surface area contributed by atoms with Gasteiger partial charge >= 0.3 is 7.25 Å². The van der Waals surface area contributed by atoms with Crippen molar-refractivity contribution in [3.8, 4) is 0 Å². The first-order chi connectivity index (χ1) is 7.86. The minimum Gasteiger partial charge on any atom is -0.418 e. The fraction of sp³-hybridized carbons (Fsp3) is 1.00. The Morgan fingerprint density at radius 3 is 1.88 bits per heavy atom. The van der Waals surface area contributed by atoms with Crippen LogP contribution in [-0.2, 0) is 9.47 Å². The molecule has 0 unspecified atom stereocenters. The highest BCUT2D eigenvalue weighted by Gasteiger charge is 2.20. The molecule has 104 valence electrons. The summed E-state index contributed by atoms with van der Waals surface area (Å²) in [4.78, 5) is 2.34. The maximum atomic E-state index is 9.75. The number of nitrogens with one attached hydrogen (secondary N) is 1. The first-order valence-corrected chi connectivity index (χ1v) is 5.22. The Balaban J connectivity index is 0.000000437. The Kier molecular flexibility index (Phi) is 8.49. The molecular weight excluding hydrogens is 243 g/mol. The summed E-state index contributed by atoms with van der Waals surface area (Å²) in [5, 5.41) is 3.30. The van der Waals surface area contributed by atoms with Crippen molar-refractivity contribution in [1.82, 2.24) is 10.2 Å². The number of rotatable bonds is 4. The monoisotopic (exact) mass is 261 g/mol. The third-order valence-electron chi connectivity index (χ3n) is 2.14. The highest BCUT2D eigenvalue weighted by Crippen LogP contribution is 2.06. The lowest BCUT2D eigenvalue weighted by molar-refractivity contribution is -0.117. The van der Waals surface area contributed by atoms with Gasteiger partial charge in [0.1, 0.15) is 0 Å². The predicted octanol–water partition coefficient (Wildman–Crippen LogP) is 0.810. The SMILES string of the molecule is COC(CN1CCNCC1)OC.F[B-](F)(F)F. The van der Waals surface area contributed by atoms with Crippen LogP contribution in [0.3, 0.4) is 0 Å². The number of halogens is 4. The van der Waals surface area contributed by atoms with Crippen LogP contribution in [0, 0.1) is 0 Å². The number of hydrogen-bond acceptors (Lipinski definition) is 4. The average Bonchev–Trinajstić information content (AvgIpc) is 2.25. The molecule has 0 aromatic heterocycles. The van der Waals surface area contributed by atoms with Crippen LogP contribution in [-0.4, -0.2) is 65.4 Å². The lowest BCUT2D eigenvalue weighted by atomic mass is 10.3. The summed E-state index contributed by atoms with van der Waals surface area (Å²) < 4.78 is 49.2. The van der Waals surface area contributed by atoms with E-state index in [0.29, 0.717) is 0 Å². The fourth-order valence-electron chi connectivity index (χ4n) is 1.35. The molecule has 1 aliphatic rings. The summed E-state index contributed by atoms with van der Waals surface area (Å²) in [6.45, 7) is 5.18. The first kappa shape index (κ1) is 16.6. The molecule has 0 spiro atoms. The molecule has 1 heterocycles. The summed E-state index contributed by atoms with van der Waals surface area (Å²) in [5.74, 6) is 0. The lowest BCUT2D eigenvalue weighted by Crippen LogP contribution is -2.46. The topological polar surface area (TPSA) is 33.7 Å². The van der Waals surface area contributed by atoms with Gasteiger partial charge in [0.25, 0.3) is 0 Å². The maximum Gasteiger partial charge on any atom is 0.673 e. The molecule has 1 fully saturated rings. The van der Waals surface area contributed by atoms with Crippen molar-refractivity contribution in [2.24, 2.45) is 0 Å². The smallest absolute Gasteiger partial charge is 0.418 e. The molecule has 1 aliphatic heterocycles. The quantitative estimate of drug-likeness (QED) is 0.461. The van der Waals surface area contributed by atoms with Gasteiger partial charge in [0.2, 0.25) is 0 Å². The van der Waals surface area contributed by atoms with Gasteiger partial charge < -0.3 is 32.1 Å². The molecule has 17 heavy (non-hydrogen) atoms. The third-order valence-corrected chi connectivity index (χ3v) is 2.14. The van der Waals surface area contributed by atoms with Gasteiger partial charge in [0.05, 0.1) is 0 Å². The van der Waals surface area contributed by atoms with E-state index in [1.807, 2.05) is 0 Å². The van der Waals surface area contributed by atoms with Crippen LogP contribution in [0.5, 0.6) is 0 Å². The molecule has 1 saturated heterocycles. The van der Waals surface area contributed by atoms with Gasteiger partial charge in [-0.05, 0) is 0 Å². The van der Waals surface area contributed by atoms with Crippen molar-refractivity contribution >= 4 is 7.25 Å². The molecule has 0 radical (unpaired) electrons. The van der Waals surface area contributed by atoms with Gasteiger partial charge in [0, 0.05) is 46.9 Å². The molecule has 1 rings (SSSR count). The number of nitrogens with zero attached hydrogens (tertiary/aromatic N) is 1. The van der Waals surface area contributed by atoms with Gasteiger partial charge in [-0.25, -0.2) is 0 Å². The highest BCUT2D eigenvalue weighted by molar-refractivity contribution is 6.50. The molecule has 0 aromatic carbocycles. The molecule has 0 atom stereocenters. The van der Waals surface area contributed by atoms with Crippen LogP contribution in [0.2, 0.25) is 0 Å². The number of hydrogen-bond donors (Lipinski definition) is 1. The zero-order chi connectivity index (χ0) is 13.3. The highest BCUT2D eigenvalue weighted by atomic mass is 19.5. The second kappa shape index (κ2) is 8.68. The number of ether oxygens (including phenoxy) is 2. The summed E-state index contributed by atoms with van der Waals surface area (Å²) in [6, 6.07) is 0. The van der Waals surface area contributed by atoms with E-state index in [1.165, 1.54) is 0 Å². The van der Waals surface area contributed by atoms with Crippen molar-refractivity contribution in [1.29, 1.82) is 0 Å². The van der Waals surface area contributed by atoms with Crippen molar-refractivity contribution in [2.75, 3.05) is 46.9 Å². The van der Waals surface area contributed by atoms with E-state index >= 15 is 0 Å². The van der Waals surface area contributed by atoms with E-state index in [4.69, 9.17) is 9.47 Å². The minimum atomic E-state index is -6.00. The number of methoxy groups -OCH3 is 2. The van der Waals surface area contributed by atoms with Crippen LogP contribution in [0.15, 0.2) is 0 Å². The van der Waals surface area contributed by atoms with Gasteiger partial charge in [0.15, 0.2) is 6.29 Å². The van der Waals surface area contributed by atoms with Crippen LogP contribution < -0.4 is 5.32 Å². The Hall–Kier alpha value is -0.375. The van der Waals surface area contributed by atoms with E-state index < -0.39 is 7.25 Å². The number of piperazine rings is 1. The fourth-order valence-corrected chi connectivity index (χ4v) is 1.35. The molecule has 0 bridgehead atoms. The Labute approximate surface area is 98.3 Å². The molecule has 0 saturated carbocycles. The average molecular weight is 261 g/mol. The van der Waals surface area contributed by atoms with E-state index in [1.54, 1.807) is 14.2 Å². The molecule has 0 aromatic rings. The lowest BCUT2D eigenvalue weighted by Gasteiger charge is -2.29. The largest absolute Gasteiger partial charge is 0.673 e. The first-order valence-electron chi connectivity index (χ1n) is 5.22. The standard InChI is InChI=1S/C8H18N2O2.BF4/c1-11-8(12-2)7-10-5-3-9-4-6-10;2-1(3,4)5/h8-9H,3-7H2,1-2H3;/q;-1. The van der Waals surface area contributed by atoms with Crippen molar-refractivity contribution in [2.45, 2.75) is 6.29 Å². The molecular formula is C8H18BF4N2O2-. The van der Waals surface area contributed by atoms with E-state index in [2.05, 4.69) is 10.2 Å². The van der Waals surface area contributed by atoms with Crippen LogP contribution in [0.25, 0.3) is 0 Å². The molecule has 9 heteroatoms. The zero-order valence-corrected chi connectivity index (χ0v) is 9.97. The van der Waals surface area contributed by atoms with Crippen LogP contribution in [0.4, 0.5) is 17.3 Å². The molecule has 0 amide bonds. The van der Waals surface area contributed by atoms with Gasteiger partial charge in [-0.1, -0.05) is 0 Å². The molecule has 0 aliphatic carbocycles. The van der Waals surface area contributed by atoms with Crippen molar-refractivity contribution < 1.29 is 26.7 Å². The normalized spacial score (nSPS) is 17.8. The van der Waals surface area contributed by atoms with E-state index in [-0.39, 0.29) is 6.29 Å². The molecule has 4 nitrogen and oxygen atoms in total. The molecule has 1 N–H and O–H groups in total. The summed E-state index contributed by atoms with van der Waals surface area (Å²) in [7, 11) is -2.65. The van der Waals surface area contributed by atoms with Crippen molar-refractivity contribution in [3.63, 3.8) is 0 Å². The van der Waals surface area contributed by atoms with Crippen LogP contribution in [0.1, 0.15) is 0 Å². The second-order valence-electron chi connectivity index (χ2n) is 3.45. The van der Waals surface area contributed by atoms with E-state index in [9.17, 15) is 17.3 Å². The Bertz CT molecular complexity index is 181. The maximum absolute atomic E-state index is 9.75. The summed E-state index contributed by atoms with van der Waals surface area (Å²) in [6.07, 6.45) is -0.0805. The second-order valence-corrected chi connectivity index (χ2v) is 3.45. The summed E-state index contributed by atoms with van der Waals surface area (Å²) >= 11 is 0. The van der Waals surface area contributed by atoms with E-state index in [0.717, 1.165) is 32.7 Å². The van der Waals surface area contributed by atoms with Gasteiger partial charge in [-0.15, -0.1) is 0 Å². The Morgan fingerprint density at radius 2 is 1.53 bits per heavy atom.